The first kappa shape index (κ1) is 7.58. The monoisotopic (exact) mass is 141 g/mol. The Morgan fingerprint density at radius 1 is 1.40 bits per heavy atom. The molecule has 0 aromatic rings. The number of carbonyl (C=O) groups excluding carboxylic acids is 1. The van der Waals surface area contributed by atoms with Crippen molar-refractivity contribution in [3.05, 3.63) is 0 Å². The minimum atomic E-state index is 0.101. The second-order valence-electron chi connectivity index (χ2n) is 3.45. The third-order valence-electron chi connectivity index (χ3n) is 2.18. The number of hydrogen-bond acceptors (Lipinski definition) is 1. The van der Waals surface area contributed by atoms with E-state index in [1.807, 2.05) is 0 Å². The summed E-state index contributed by atoms with van der Waals surface area (Å²) in [6.45, 7) is 3.71. The van der Waals surface area contributed by atoms with Gasteiger partial charge in [-0.25, -0.2) is 0 Å². The van der Waals surface area contributed by atoms with Gasteiger partial charge in [-0.1, -0.05) is 12.8 Å². The van der Waals surface area contributed by atoms with Gasteiger partial charge in [-0.2, -0.15) is 0 Å². The Bertz CT molecular complexity index is 136. The fourth-order valence-corrected chi connectivity index (χ4v) is 1.71. The van der Waals surface area contributed by atoms with Crippen molar-refractivity contribution >= 4 is 5.91 Å². The summed E-state index contributed by atoms with van der Waals surface area (Å²) in [5, 5.41) is 2.98. The van der Waals surface area contributed by atoms with E-state index in [4.69, 9.17) is 0 Å². The van der Waals surface area contributed by atoms with Gasteiger partial charge in [0.15, 0.2) is 0 Å². The lowest BCUT2D eigenvalue weighted by atomic mass is 10.0. The highest BCUT2D eigenvalue weighted by molar-refractivity contribution is 5.73. The highest BCUT2D eigenvalue weighted by Crippen LogP contribution is 2.28. The van der Waals surface area contributed by atoms with Crippen LogP contribution in [-0.4, -0.2) is 11.4 Å². The van der Waals surface area contributed by atoms with Crippen molar-refractivity contribution in [3.63, 3.8) is 0 Å². The van der Waals surface area contributed by atoms with Crippen LogP contribution in [0.5, 0.6) is 0 Å². The van der Waals surface area contributed by atoms with Gasteiger partial charge in [0.1, 0.15) is 0 Å². The zero-order chi connectivity index (χ0) is 7.61. The minimum absolute atomic E-state index is 0.101. The van der Waals surface area contributed by atoms with Gasteiger partial charge in [-0.15, -0.1) is 0 Å². The lowest BCUT2D eigenvalue weighted by Gasteiger charge is -2.23. The van der Waals surface area contributed by atoms with Crippen LogP contribution in [-0.2, 0) is 4.79 Å². The molecule has 0 spiro atoms. The predicted molar refractivity (Wildman–Crippen MR) is 40.7 cm³/mol. The van der Waals surface area contributed by atoms with Crippen molar-refractivity contribution in [1.29, 1.82) is 0 Å². The van der Waals surface area contributed by atoms with Crippen LogP contribution in [0.3, 0.4) is 0 Å². The zero-order valence-electron chi connectivity index (χ0n) is 6.74. The molecule has 58 valence electrons. The quantitative estimate of drug-likeness (QED) is 0.588. The molecule has 1 aliphatic carbocycles. The van der Waals surface area contributed by atoms with Crippen molar-refractivity contribution in [2.45, 2.75) is 45.1 Å². The molecule has 0 aromatic carbocycles. The molecule has 1 rings (SSSR count). The molecule has 10 heavy (non-hydrogen) atoms. The first-order valence-electron chi connectivity index (χ1n) is 3.91. The Hall–Kier alpha value is -0.530. The fraction of sp³-hybridized carbons (Fsp3) is 0.875. The minimum Gasteiger partial charge on any atom is -0.351 e. The molecular formula is C8H15NO. The molecule has 2 heteroatoms. The standard InChI is InChI=1S/C8H15NO/c1-7(10)9-8(2)5-3-4-6-8/h3-6H2,1-2H3,(H,9,10). The number of rotatable bonds is 1. The summed E-state index contributed by atoms with van der Waals surface area (Å²) >= 11 is 0. The number of nitrogens with one attached hydrogen (secondary N) is 1. The van der Waals surface area contributed by atoms with Gasteiger partial charge in [0.2, 0.25) is 5.91 Å². The molecule has 1 saturated carbocycles. The molecule has 0 unspecified atom stereocenters. The van der Waals surface area contributed by atoms with E-state index in [0.717, 1.165) is 12.8 Å². The van der Waals surface area contributed by atoms with Crippen molar-refractivity contribution in [1.82, 2.24) is 5.32 Å². The lowest BCUT2D eigenvalue weighted by Crippen LogP contribution is -2.42. The smallest absolute Gasteiger partial charge is 0.217 e. The zero-order valence-corrected chi connectivity index (χ0v) is 6.74. The SMILES string of the molecule is CC(=O)NC1(C)CCCC1. The molecule has 0 heterocycles. The van der Waals surface area contributed by atoms with Gasteiger partial charge in [0.25, 0.3) is 0 Å². The van der Waals surface area contributed by atoms with Crippen molar-refractivity contribution in [2.75, 3.05) is 0 Å². The van der Waals surface area contributed by atoms with E-state index in [1.165, 1.54) is 12.8 Å². The molecule has 0 atom stereocenters. The molecule has 1 N–H and O–H groups in total. The molecule has 0 radical (unpaired) electrons. The molecule has 0 aliphatic heterocycles. The van der Waals surface area contributed by atoms with Gasteiger partial charge >= 0.3 is 0 Å². The Kier molecular flexibility index (Phi) is 1.97. The summed E-state index contributed by atoms with van der Waals surface area (Å²) in [4.78, 5) is 10.7. The summed E-state index contributed by atoms with van der Waals surface area (Å²) in [6.07, 6.45) is 4.81. The van der Waals surface area contributed by atoms with Crippen LogP contribution < -0.4 is 5.32 Å². The lowest BCUT2D eigenvalue weighted by molar-refractivity contribution is -0.120. The Labute approximate surface area is 62.0 Å². The Morgan fingerprint density at radius 2 is 1.90 bits per heavy atom. The average molecular weight is 141 g/mol. The maximum absolute atomic E-state index is 10.7. The number of amides is 1. The van der Waals surface area contributed by atoms with Gasteiger partial charge < -0.3 is 5.32 Å². The van der Waals surface area contributed by atoms with Gasteiger partial charge in [-0.05, 0) is 19.8 Å². The summed E-state index contributed by atoms with van der Waals surface area (Å²) < 4.78 is 0. The predicted octanol–water partition coefficient (Wildman–Crippen LogP) is 1.46. The van der Waals surface area contributed by atoms with Crippen LogP contribution in [0, 0.1) is 0 Å². The van der Waals surface area contributed by atoms with E-state index in [0.29, 0.717) is 0 Å². The molecule has 0 aromatic heterocycles. The normalized spacial score (nSPS) is 22.6. The van der Waals surface area contributed by atoms with Crippen molar-refractivity contribution < 1.29 is 4.79 Å². The van der Waals surface area contributed by atoms with Gasteiger partial charge in [-0.3, -0.25) is 4.79 Å². The summed E-state index contributed by atoms with van der Waals surface area (Å²) in [7, 11) is 0. The van der Waals surface area contributed by atoms with E-state index in [9.17, 15) is 4.79 Å². The van der Waals surface area contributed by atoms with E-state index in [-0.39, 0.29) is 11.4 Å². The highest BCUT2D eigenvalue weighted by Gasteiger charge is 2.28. The molecule has 1 aliphatic rings. The summed E-state index contributed by atoms with van der Waals surface area (Å²) in [5.74, 6) is 0.101. The second-order valence-corrected chi connectivity index (χ2v) is 3.45. The van der Waals surface area contributed by atoms with Crippen LogP contribution in [0.25, 0.3) is 0 Å². The van der Waals surface area contributed by atoms with Crippen LogP contribution in [0.2, 0.25) is 0 Å². The molecule has 1 fully saturated rings. The Balaban J connectivity index is 2.43. The molecule has 1 amide bonds. The molecule has 0 bridgehead atoms. The van der Waals surface area contributed by atoms with E-state index in [2.05, 4.69) is 12.2 Å². The highest BCUT2D eigenvalue weighted by atomic mass is 16.1. The fourth-order valence-electron chi connectivity index (χ4n) is 1.71. The molecule has 0 saturated heterocycles. The van der Waals surface area contributed by atoms with Crippen LogP contribution in [0.1, 0.15) is 39.5 Å². The number of carbonyl (C=O) groups is 1. The Morgan fingerprint density at radius 3 is 2.30 bits per heavy atom. The van der Waals surface area contributed by atoms with E-state index >= 15 is 0 Å². The largest absolute Gasteiger partial charge is 0.351 e. The van der Waals surface area contributed by atoms with Gasteiger partial charge in [0.05, 0.1) is 0 Å². The third kappa shape index (κ3) is 1.72. The van der Waals surface area contributed by atoms with E-state index < -0.39 is 0 Å². The average Bonchev–Trinajstić information content (AvgIpc) is 2.12. The van der Waals surface area contributed by atoms with Crippen LogP contribution in [0.4, 0.5) is 0 Å². The second kappa shape index (κ2) is 2.60. The number of hydrogen-bond donors (Lipinski definition) is 1. The van der Waals surface area contributed by atoms with Crippen molar-refractivity contribution in [3.8, 4) is 0 Å². The maximum atomic E-state index is 10.7. The van der Waals surface area contributed by atoms with Crippen molar-refractivity contribution in [2.24, 2.45) is 0 Å². The summed E-state index contributed by atoms with van der Waals surface area (Å²) in [6, 6.07) is 0. The van der Waals surface area contributed by atoms with Crippen LogP contribution >= 0.6 is 0 Å². The summed E-state index contributed by atoms with van der Waals surface area (Å²) in [5.41, 5.74) is 0.117. The molecule has 2 nitrogen and oxygen atoms in total. The first-order chi connectivity index (χ1) is 4.62. The van der Waals surface area contributed by atoms with Gasteiger partial charge in [0, 0.05) is 12.5 Å². The van der Waals surface area contributed by atoms with E-state index in [1.54, 1.807) is 6.92 Å². The topological polar surface area (TPSA) is 29.1 Å². The maximum Gasteiger partial charge on any atom is 0.217 e. The third-order valence-corrected chi connectivity index (χ3v) is 2.18. The van der Waals surface area contributed by atoms with Crippen LogP contribution in [0.15, 0.2) is 0 Å². The first-order valence-corrected chi connectivity index (χ1v) is 3.91. The molecular weight excluding hydrogens is 126 g/mol.